The van der Waals surface area contributed by atoms with Gasteiger partial charge < -0.3 is 15.8 Å². The maximum absolute atomic E-state index is 11.8. The van der Waals surface area contributed by atoms with E-state index in [1.54, 1.807) is 0 Å². The maximum Gasteiger partial charge on any atom is 0.227 e. The summed E-state index contributed by atoms with van der Waals surface area (Å²) in [5.41, 5.74) is 5.76. The number of carbonyl (C=O) groups is 1. The van der Waals surface area contributed by atoms with Crippen molar-refractivity contribution in [2.24, 2.45) is 11.7 Å². The van der Waals surface area contributed by atoms with Gasteiger partial charge in [-0.05, 0) is 18.6 Å². The number of rotatable bonds is 4. The predicted octanol–water partition coefficient (Wildman–Crippen LogP) is 1.03. The topological polar surface area (TPSA) is 64.3 Å². The number of thiophene rings is 1. The van der Waals surface area contributed by atoms with Gasteiger partial charge in [0.05, 0.1) is 23.5 Å². The minimum absolute atomic E-state index is 0.0161. The van der Waals surface area contributed by atoms with E-state index in [1.165, 1.54) is 16.2 Å². The molecule has 0 aliphatic carbocycles. The van der Waals surface area contributed by atoms with Crippen LogP contribution in [0.1, 0.15) is 4.88 Å². The summed E-state index contributed by atoms with van der Waals surface area (Å²) in [4.78, 5) is 12.9. The molecule has 0 bridgehead atoms. The van der Waals surface area contributed by atoms with Crippen LogP contribution in [0.4, 0.5) is 0 Å². The Labute approximate surface area is 109 Å². The smallest absolute Gasteiger partial charge is 0.227 e. The highest BCUT2D eigenvalue weighted by Crippen LogP contribution is 2.21. The fourth-order valence-corrected chi connectivity index (χ4v) is 2.85. The van der Waals surface area contributed by atoms with Gasteiger partial charge in [-0.15, -0.1) is 11.3 Å². The summed E-state index contributed by atoms with van der Waals surface area (Å²) in [6, 6.07) is 3.67. The molecule has 6 heteroatoms. The van der Waals surface area contributed by atoms with Crippen LogP contribution in [-0.2, 0) is 16.0 Å². The van der Waals surface area contributed by atoms with Gasteiger partial charge in [-0.25, -0.2) is 0 Å². The molecular formula is C11H15ClN2O2S. The molecule has 2 heterocycles. The van der Waals surface area contributed by atoms with Crippen molar-refractivity contribution in [1.29, 1.82) is 0 Å². The number of halogens is 1. The molecule has 2 atom stereocenters. The van der Waals surface area contributed by atoms with Gasteiger partial charge in [0.1, 0.15) is 0 Å². The van der Waals surface area contributed by atoms with Crippen LogP contribution in [0.25, 0.3) is 0 Å². The molecule has 1 aromatic rings. The first-order valence-electron chi connectivity index (χ1n) is 5.52. The monoisotopic (exact) mass is 274 g/mol. The van der Waals surface area contributed by atoms with Gasteiger partial charge in [-0.2, -0.15) is 0 Å². The Morgan fingerprint density at radius 3 is 3.00 bits per heavy atom. The third-order valence-corrected chi connectivity index (χ3v) is 4.05. The molecule has 3 N–H and O–H groups in total. The average molecular weight is 275 g/mol. The van der Waals surface area contributed by atoms with Crippen molar-refractivity contribution in [3.05, 3.63) is 21.3 Å². The lowest BCUT2D eigenvalue weighted by atomic mass is 10.0. The quantitative estimate of drug-likeness (QED) is 0.862. The second-order valence-electron chi connectivity index (χ2n) is 4.05. The van der Waals surface area contributed by atoms with Crippen LogP contribution in [0.2, 0.25) is 4.34 Å². The van der Waals surface area contributed by atoms with Crippen molar-refractivity contribution in [2.45, 2.75) is 12.5 Å². The highest BCUT2D eigenvalue weighted by Gasteiger charge is 2.30. The molecular weight excluding hydrogens is 260 g/mol. The van der Waals surface area contributed by atoms with Crippen LogP contribution in [0.5, 0.6) is 0 Å². The van der Waals surface area contributed by atoms with Crippen molar-refractivity contribution in [3.63, 3.8) is 0 Å². The summed E-state index contributed by atoms with van der Waals surface area (Å²) in [7, 11) is 0. The Kier molecular flexibility index (Phi) is 4.39. The standard InChI is InChI=1S/C11H15ClN2O2S/c12-10-2-1-7(17-10)3-4-14-11(15)8-5-16-6-9(8)13/h1-2,8-9H,3-6,13H2,(H,14,15). The first kappa shape index (κ1) is 12.8. The molecule has 1 saturated heterocycles. The first-order valence-corrected chi connectivity index (χ1v) is 6.71. The van der Waals surface area contributed by atoms with E-state index in [4.69, 9.17) is 22.1 Å². The molecule has 0 radical (unpaired) electrons. The second kappa shape index (κ2) is 5.82. The van der Waals surface area contributed by atoms with Crippen LogP contribution in [0.3, 0.4) is 0 Å². The van der Waals surface area contributed by atoms with E-state index < -0.39 is 0 Å². The summed E-state index contributed by atoms with van der Waals surface area (Å²) in [6.07, 6.45) is 0.798. The van der Waals surface area contributed by atoms with Gasteiger partial charge in [-0.3, -0.25) is 4.79 Å². The number of nitrogens with one attached hydrogen (secondary N) is 1. The first-order chi connectivity index (χ1) is 8.16. The number of hydrogen-bond acceptors (Lipinski definition) is 4. The molecule has 94 valence electrons. The normalized spacial score (nSPS) is 23.9. The number of nitrogens with two attached hydrogens (primary N) is 1. The van der Waals surface area contributed by atoms with E-state index in [2.05, 4.69) is 5.32 Å². The molecule has 2 rings (SSSR count). The molecule has 1 aliphatic heterocycles. The molecule has 17 heavy (non-hydrogen) atoms. The van der Waals surface area contributed by atoms with Gasteiger partial charge in [0, 0.05) is 17.5 Å². The minimum Gasteiger partial charge on any atom is -0.379 e. The van der Waals surface area contributed by atoms with Crippen LogP contribution >= 0.6 is 22.9 Å². The zero-order chi connectivity index (χ0) is 12.3. The molecule has 1 aromatic heterocycles. The fourth-order valence-electron chi connectivity index (χ4n) is 1.77. The van der Waals surface area contributed by atoms with E-state index in [1.807, 2.05) is 12.1 Å². The third kappa shape index (κ3) is 3.42. The van der Waals surface area contributed by atoms with Gasteiger partial charge in [-0.1, -0.05) is 11.6 Å². The predicted molar refractivity (Wildman–Crippen MR) is 68.3 cm³/mol. The highest BCUT2D eigenvalue weighted by molar-refractivity contribution is 7.16. The van der Waals surface area contributed by atoms with Crippen molar-refractivity contribution in [1.82, 2.24) is 5.32 Å². The van der Waals surface area contributed by atoms with Crippen LogP contribution in [0.15, 0.2) is 12.1 Å². The lowest BCUT2D eigenvalue weighted by Crippen LogP contribution is -2.41. The summed E-state index contributed by atoms with van der Waals surface area (Å²) in [5, 5.41) is 2.88. The van der Waals surface area contributed by atoms with Crippen molar-refractivity contribution < 1.29 is 9.53 Å². The SMILES string of the molecule is NC1COCC1C(=O)NCCc1ccc(Cl)s1. The lowest BCUT2D eigenvalue weighted by Gasteiger charge is -2.12. The molecule has 0 aromatic carbocycles. The Hall–Kier alpha value is -0.620. The summed E-state index contributed by atoms with van der Waals surface area (Å²) < 4.78 is 5.93. The molecule has 1 aliphatic rings. The molecule has 0 spiro atoms. The Balaban J connectivity index is 1.73. The van der Waals surface area contributed by atoms with Gasteiger partial charge in [0.25, 0.3) is 0 Å². The molecule has 4 nitrogen and oxygen atoms in total. The van der Waals surface area contributed by atoms with E-state index in [0.717, 1.165) is 10.8 Å². The van der Waals surface area contributed by atoms with Crippen molar-refractivity contribution >= 4 is 28.8 Å². The van der Waals surface area contributed by atoms with Crippen LogP contribution < -0.4 is 11.1 Å². The zero-order valence-corrected chi connectivity index (χ0v) is 10.9. The van der Waals surface area contributed by atoms with Gasteiger partial charge in [0.2, 0.25) is 5.91 Å². The van der Waals surface area contributed by atoms with Crippen LogP contribution in [-0.4, -0.2) is 31.7 Å². The summed E-state index contributed by atoms with van der Waals surface area (Å²) >= 11 is 7.36. The van der Waals surface area contributed by atoms with Gasteiger partial charge in [0.15, 0.2) is 0 Å². The van der Waals surface area contributed by atoms with Crippen molar-refractivity contribution in [2.75, 3.05) is 19.8 Å². The van der Waals surface area contributed by atoms with E-state index in [-0.39, 0.29) is 17.9 Å². The number of amides is 1. The minimum atomic E-state index is -0.207. The van der Waals surface area contributed by atoms with E-state index in [0.29, 0.717) is 19.8 Å². The second-order valence-corrected chi connectivity index (χ2v) is 5.85. The average Bonchev–Trinajstić information content (AvgIpc) is 2.87. The number of hydrogen-bond donors (Lipinski definition) is 2. The summed E-state index contributed by atoms with van der Waals surface area (Å²) in [6.45, 7) is 1.51. The Morgan fingerprint density at radius 2 is 2.41 bits per heavy atom. The lowest BCUT2D eigenvalue weighted by molar-refractivity contribution is -0.125. The summed E-state index contributed by atoms with van der Waals surface area (Å²) in [5.74, 6) is -0.223. The Morgan fingerprint density at radius 1 is 1.59 bits per heavy atom. The zero-order valence-electron chi connectivity index (χ0n) is 9.32. The number of ether oxygens (including phenoxy) is 1. The van der Waals surface area contributed by atoms with E-state index in [9.17, 15) is 4.79 Å². The van der Waals surface area contributed by atoms with Gasteiger partial charge >= 0.3 is 0 Å². The molecule has 1 fully saturated rings. The largest absolute Gasteiger partial charge is 0.379 e. The Bertz CT molecular complexity index is 397. The van der Waals surface area contributed by atoms with E-state index >= 15 is 0 Å². The third-order valence-electron chi connectivity index (χ3n) is 2.76. The fraction of sp³-hybridized carbons (Fsp3) is 0.545. The molecule has 2 unspecified atom stereocenters. The molecule has 0 saturated carbocycles. The highest BCUT2D eigenvalue weighted by atomic mass is 35.5. The maximum atomic E-state index is 11.8. The van der Waals surface area contributed by atoms with Crippen LogP contribution in [0, 0.1) is 5.92 Å². The molecule has 1 amide bonds. The number of carbonyl (C=O) groups excluding carboxylic acids is 1. The van der Waals surface area contributed by atoms with Crippen molar-refractivity contribution in [3.8, 4) is 0 Å².